The number of aryl methyl sites for hydroxylation is 1. The maximum absolute atomic E-state index is 16.6. The van der Waals surface area contributed by atoms with Crippen LogP contribution in [-0.4, -0.2) is 232 Å². The number of halogens is 5. The van der Waals surface area contributed by atoms with Gasteiger partial charge in [0.2, 0.25) is 41.6 Å². The van der Waals surface area contributed by atoms with E-state index in [4.69, 9.17) is 72.6 Å². The van der Waals surface area contributed by atoms with Gasteiger partial charge in [0.25, 0.3) is 0 Å². The molecule has 15 rings (SSSR count). The largest absolute Gasteiger partial charge is 0.573 e. The Kier molecular flexibility index (Phi) is 30.9. The quantitative estimate of drug-likeness (QED) is 0.0381. The first-order valence-corrected chi connectivity index (χ1v) is 42.6. The third-order valence-corrected chi connectivity index (χ3v) is 25.0. The molecule has 7 aromatic rings. The SMILES string of the molecule is C.CN[C@H](CC(C)C)C(=O)NC1C(=O)C[C@H](CC(N)=O)C(=O)N[C@H]2C(=O)C[C@@H]3C(=O)N[C@H](C(=O)N[C@H](C(=O)O)c4cc(O)cc(O)c4-c4cc3ccc4O)[C@H](OC3C[C@](C)(N)[C@@H](O)[C@H](C)O3)c3ccc(c(Cl)c3)Oc3cc2cc(c3O[C@@H]2O[C@H](CO)[C@@H](O[C@@H]3O[C@H](CCCc4ccc(-c5ccc(OC(F)(F)F)cc5)s4)[C@H](O)[C@H](O)[C@H]3O)[C@H](O)[C@H]2O)Oc2ccc(cc2Cl)[C@H]1O. The number of amides is 5. The van der Waals surface area contributed by atoms with Gasteiger partial charge in [0.15, 0.2) is 41.7 Å². The topological polar surface area (TPSA) is 575 Å². The number of benzene rings is 6. The number of nitrogens with two attached hydrogens (primary N) is 2. The number of aliphatic hydroxyl groups excluding tert-OH is 8. The Morgan fingerprint density at radius 2 is 1.35 bits per heavy atom. The predicted molar refractivity (Wildman–Crippen MR) is 454 cm³/mol. The molecule has 0 aliphatic carbocycles. The Morgan fingerprint density at radius 1 is 0.700 bits per heavy atom. The Balaban J connectivity index is 0.0000153. The van der Waals surface area contributed by atoms with Gasteiger partial charge in [0.05, 0.1) is 52.8 Å². The minimum Gasteiger partial charge on any atom is -0.508 e. The van der Waals surface area contributed by atoms with Crippen LogP contribution in [0.2, 0.25) is 10.0 Å². The summed E-state index contributed by atoms with van der Waals surface area (Å²) in [5, 5.41) is 152. The van der Waals surface area contributed by atoms with Crippen LogP contribution in [0.4, 0.5) is 13.2 Å². The molecule has 702 valence electrons. The van der Waals surface area contributed by atoms with Crippen molar-refractivity contribution in [2.24, 2.45) is 23.3 Å². The number of ether oxygens (including phenoxy) is 9. The van der Waals surface area contributed by atoms with Crippen LogP contribution in [0.3, 0.4) is 0 Å². The van der Waals surface area contributed by atoms with Crippen molar-refractivity contribution >= 4 is 81.6 Å². The van der Waals surface area contributed by atoms with E-state index in [0.29, 0.717) is 16.9 Å². The Morgan fingerprint density at radius 3 is 1.97 bits per heavy atom. The molecule has 3 fully saturated rings. The molecule has 42 heteroatoms. The van der Waals surface area contributed by atoms with Crippen molar-refractivity contribution in [3.05, 3.63) is 158 Å². The minimum absolute atomic E-state index is 0. The zero-order valence-corrected chi connectivity index (χ0v) is 71.7. The van der Waals surface area contributed by atoms with Crippen LogP contribution < -0.4 is 57.0 Å². The van der Waals surface area contributed by atoms with Gasteiger partial charge in [-0.3, -0.25) is 33.6 Å². The highest BCUT2D eigenvalue weighted by molar-refractivity contribution is 7.15. The highest BCUT2D eigenvalue weighted by Crippen LogP contribution is 2.51. The number of likely N-dealkylation sites (N-methyl/N-ethyl adjacent to an activating group) is 1. The number of primary amides is 1. The maximum Gasteiger partial charge on any atom is 0.573 e. The van der Waals surface area contributed by atoms with E-state index in [1.165, 1.54) is 62.6 Å². The second-order valence-electron chi connectivity index (χ2n) is 33.2. The maximum atomic E-state index is 16.6. The van der Waals surface area contributed by atoms with Crippen molar-refractivity contribution in [1.82, 2.24) is 26.6 Å². The van der Waals surface area contributed by atoms with E-state index in [1.807, 2.05) is 13.8 Å². The zero-order chi connectivity index (χ0) is 93.4. The number of hydrogen-bond donors (Lipinski definition) is 19. The molecule has 8 aliphatic heterocycles. The summed E-state index contributed by atoms with van der Waals surface area (Å²) < 4.78 is 94.0. The molecule has 0 radical (unpaired) electrons. The molecule has 1 aromatic heterocycles. The molecule has 2 unspecified atom stereocenters. The van der Waals surface area contributed by atoms with Crippen LogP contribution in [0, 0.1) is 11.8 Å². The van der Waals surface area contributed by atoms with E-state index in [2.05, 4.69) is 31.3 Å². The smallest absolute Gasteiger partial charge is 0.508 e. The van der Waals surface area contributed by atoms with Gasteiger partial charge in [-0.25, -0.2) is 4.79 Å². The van der Waals surface area contributed by atoms with E-state index in [-0.39, 0.29) is 55.7 Å². The lowest BCUT2D eigenvalue weighted by molar-refractivity contribution is -0.351. The fourth-order valence-corrected chi connectivity index (χ4v) is 18.1. The number of nitrogens with one attached hydrogen (secondary N) is 5. The number of rotatable bonds is 21. The number of aliphatic hydroxyl groups is 8. The van der Waals surface area contributed by atoms with Gasteiger partial charge < -0.3 is 142 Å². The summed E-state index contributed by atoms with van der Waals surface area (Å²) in [7, 11) is 1.47. The zero-order valence-electron chi connectivity index (χ0n) is 69.4. The second-order valence-corrected chi connectivity index (χ2v) is 35.1. The standard InChI is InChI=1S/C87H96Cl2F3N7O29S.CH4/c1-34(2)21-50(95-5)81(116)98-67-53(104)25-41(28-62(93)106)79(114)96-65-40-26-58(121-55-18-12-38(69(67)107)23-48(55)88)76(126-85-74(112)72(110)77(60(33-100)124-85)127-84-73(111)71(109)70(108)57(123-84)8-6-7-44-16-20-61(129-44)36-9-14-43(15-10-36)128-87(90,91)92)59(27-40)122-56-19-13-39(24-49(56)89)75(125-63-32-86(4,94)78(113)35(3)120-63)68-82(117)97-66(83(118)119)47-29-42(101)30-52(103)64(47)46-22-37(11-17-51(46)102)45(31-54(65)105)80(115)99-68;/h9-20,22-24,26-27,29-30,34-35,41,45,50,57,60,63,65-75,77-78,84-85,95,100-103,107-113H,6-8,21,25,28,31-33,94H2,1-5H3,(H2,93,106)(H,96,114)(H,97,117)(H,98,116)(H,99,115)(H,118,119);1H4/t35-,41+,45-,50+,57+,60+,63?,65+,66-,67?,68-,69+,70-,71-,72+,73+,74+,75+,77+,78-,84-,85-,86-;/m0./s1. The molecule has 9 heterocycles. The number of hydrogen-bond acceptors (Lipinski definition) is 31. The summed E-state index contributed by atoms with van der Waals surface area (Å²) in [6.07, 6.45) is -35.6. The molecular weight excluding hydrogens is 1780 g/mol. The fourth-order valence-electron chi connectivity index (χ4n) is 16.6. The number of carboxylic acid groups (broad SMARTS) is 1. The molecular formula is C88H100Cl2F3N7O29S. The van der Waals surface area contributed by atoms with Gasteiger partial charge in [-0.05, 0) is 171 Å². The lowest BCUT2D eigenvalue weighted by Crippen LogP contribution is -2.64. The van der Waals surface area contributed by atoms with Gasteiger partial charge in [-0.1, -0.05) is 62.7 Å². The second kappa shape index (κ2) is 40.7. The third-order valence-electron chi connectivity index (χ3n) is 23.2. The molecule has 5 amide bonds. The van der Waals surface area contributed by atoms with Gasteiger partial charge in [-0.2, -0.15) is 0 Å². The van der Waals surface area contributed by atoms with Crippen molar-refractivity contribution in [3.63, 3.8) is 0 Å². The molecule has 0 saturated carbocycles. The number of phenols is 3. The first-order chi connectivity index (χ1) is 61.0. The first kappa shape index (κ1) is 98.6. The molecule has 11 bridgehead atoms. The molecule has 8 aliphatic rings. The molecule has 6 aromatic carbocycles. The summed E-state index contributed by atoms with van der Waals surface area (Å²) >= 11 is 15.8. The summed E-state index contributed by atoms with van der Waals surface area (Å²) in [5.74, 6) is -20.1. The van der Waals surface area contributed by atoms with E-state index in [9.17, 15) is 88.8 Å². The lowest BCUT2D eigenvalue weighted by atomic mass is 9.84. The van der Waals surface area contributed by atoms with Gasteiger partial charge >= 0.3 is 12.3 Å². The lowest BCUT2D eigenvalue weighted by Gasteiger charge is -2.46. The number of aliphatic carboxylic acids is 1. The summed E-state index contributed by atoms with van der Waals surface area (Å²) in [6, 6.07) is 12.9. The third kappa shape index (κ3) is 22.0. The van der Waals surface area contributed by atoms with E-state index < -0.39 is 303 Å². The molecule has 23 atom stereocenters. The summed E-state index contributed by atoms with van der Waals surface area (Å²) in [4.78, 5) is 122. The van der Waals surface area contributed by atoms with Gasteiger partial charge in [0, 0.05) is 63.7 Å². The van der Waals surface area contributed by atoms with Crippen LogP contribution in [0.5, 0.6) is 51.7 Å². The van der Waals surface area contributed by atoms with Crippen LogP contribution >= 0.6 is 34.5 Å². The monoisotopic (exact) mass is 1880 g/mol. The summed E-state index contributed by atoms with van der Waals surface area (Å²) in [6.45, 7) is 5.41. The predicted octanol–water partition coefficient (Wildman–Crippen LogP) is 6.20. The van der Waals surface area contributed by atoms with E-state index >= 15 is 24.0 Å². The van der Waals surface area contributed by atoms with Crippen molar-refractivity contribution < 1.29 is 155 Å². The Labute approximate surface area is 754 Å². The number of fused-ring (bicyclic) bond motifs is 15. The molecule has 21 N–H and O–H groups in total. The fraction of sp³-hybridized carbons (Fsp3) is 0.455. The molecule has 130 heavy (non-hydrogen) atoms. The minimum atomic E-state index is -4.90. The number of aromatic hydroxyl groups is 3. The van der Waals surface area contributed by atoms with Crippen molar-refractivity contribution in [1.29, 1.82) is 0 Å². The highest BCUT2D eigenvalue weighted by Gasteiger charge is 2.53. The highest BCUT2D eigenvalue weighted by atomic mass is 35.5. The molecule has 36 nitrogen and oxygen atoms in total. The average Bonchev–Trinajstić information content (AvgIpc) is 0.839. The van der Waals surface area contributed by atoms with Crippen LogP contribution in [0.1, 0.15) is 143 Å². The normalized spacial score (nSPS) is 29.2. The van der Waals surface area contributed by atoms with E-state index in [1.54, 1.807) is 12.1 Å². The number of alkyl halides is 3. The molecule has 3 saturated heterocycles. The number of carboxylic acids is 1. The molecule has 0 spiro atoms. The Bertz CT molecular complexity index is 5360. The average molecular weight is 1880 g/mol. The number of carbonyl (C=O) groups is 8. The van der Waals surface area contributed by atoms with E-state index in [0.717, 1.165) is 77.7 Å². The summed E-state index contributed by atoms with van der Waals surface area (Å²) in [5.41, 5.74) is 8.92. The van der Waals surface area contributed by atoms with Gasteiger partial charge in [-0.15, -0.1) is 24.5 Å². The van der Waals surface area contributed by atoms with Crippen LogP contribution in [0.25, 0.3) is 21.6 Å². The van der Waals surface area contributed by atoms with Crippen molar-refractivity contribution in [2.75, 3.05) is 13.7 Å². The van der Waals surface area contributed by atoms with Crippen LogP contribution in [0.15, 0.2) is 115 Å². The Hall–Kier alpha value is -10.5. The van der Waals surface area contributed by atoms with Gasteiger partial charge in [0.1, 0.15) is 108 Å². The number of phenolic OH excluding ortho intramolecular Hbond substituents is 3. The number of carbonyl (C=O) groups excluding carboxylic acids is 7. The van der Waals surface area contributed by atoms with Crippen molar-refractivity contribution in [3.8, 4) is 73.3 Å². The number of thiophene rings is 1. The van der Waals surface area contributed by atoms with Crippen LogP contribution in [-0.2, 0) is 68.5 Å². The number of ketones is 2. The first-order valence-electron chi connectivity index (χ1n) is 41.0. The number of Topliss-reactive ketones (excluding diaryl/α,β-unsaturated/α-hetero) is 2. The van der Waals surface area contributed by atoms with Crippen molar-refractivity contribution in [2.45, 2.75) is 227 Å².